The maximum absolute atomic E-state index is 11.3. The third-order valence-corrected chi connectivity index (χ3v) is 3.50. The molecule has 1 saturated heterocycles. The standard InChI is InChI=1S/C12H23NO4/c1-12(2,3)10-9(6-14)8(7-17-4)5-13(10)11(15)16/h8-10,14H,5-7H2,1-4H3,(H,15,16). The van der Waals surface area contributed by atoms with Crippen LogP contribution in [-0.4, -0.2) is 54.1 Å². The fraction of sp³-hybridized carbons (Fsp3) is 0.917. The lowest BCUT2D eigenvalue weighted by Crippen LogP contribution is -2.46. The Balaban J connectivity index is 2.97. The molecule has 0 bridgehead atoms. The molecule has 0 aromatic rings. The van der Waals surface area contributed by atoms with Gasteiger partial charge in [-0.2, -0.15) is 0 Å². The van der Waals surface area contributed by atoms with E-state index in [4.69, 9.17) is 4.74 Å². The van der Waals surface area contributed by atoms with Gasteiger partial charge in [-0.15, -0.1) is 0 Å². The van der Waals surface area contributed by atoms with Crippen molar-refractivity contribution in [3.8, 4) is 0 Å². The van der Waals surface area contributed by atoms with Gasteiger partial charge in [0.2, 0.25) is 0 Å². The summed E-state index contributed by atoms with van der Waals surface area (Å²) in [5.41, 5.74) is -0.186. The van der Waals surface area contributed by atoms with Crippen LogP contribution >= 0.6 is 0 Å². The number of carbonyl (C=O) groups is 1. The average Bonchev–Trinajstić information content (AvgIpc) is 2.56. The number of methoxy groups -OCH3 is 1. The van der Waals surface area contributed by atoms with Gasteiger partial charge in [0.05, 0.1) is 6.61 Å². The van der Waals surface area contributed by atoms with Gasteiger partial charge >= 0.3 is 6.09 Å². The Labute approximate surface area is 102 Å². The molecule has 17 heavy (non-hydrogen) atoms. The minimum Gasteiger partial charge on any atom is -0.465 e. The fourth-order valence-electron chi connectivity index (χ4n) is 2.94. The molecular formula is C12H23NO4. The molecule has 3 atom stereocenters. The van der Waals surface area contributed by atoms with Gasteiger partial charge in [-0.25, -0.2) is 4.79 Å². The van der Waals surface area contributed by atoms with Crippen molar-refractivity contribution in [2.45, 2.75) is 26.8 Å². The van der Waals surface area contributed by atoms with Crippen LogP contribution in [0, 0.1) is 17.3 Å². The SMILES string of the molecule is COCC1CN(C(=O)O)C(C(C)(C)C)C1CO. The molecule has 1 amide bonds. The van der Waals surface area contributed by atoms with Gasteiger partial charge in [0.25, 0.3) is 0 Å². The number of aliphatic hydroxyl groups is 1. The van der Waals surface area contributed by atoms with Crippen LogP contribution in [0.5, 0.6) is 0 Å². The van der Waals surface area contributed by atoms with E-state index in [9.17, 15) is 15.0 Å². The summed E-state index contributed by atoms with van der Waals surface area (Å²) in [5.74, 6) is 0.0244. The van der Waals surface area contributed by atoms with E-state index < -0.39 is 6.09 Å². The molecule has 1 fully saturated rings. The molecule has 1 aliphatic rings. The Kier molecular flexibility index (Phi) is 4.38. The van der Waals surface area contributed by atoms with E-state index in [0.717, 1.165) is 0 Å². The molecular weight excluding hydrogens is 222 g/mol. The molecule has 0 saturated carbocycles. The van der Waals surface area contributed by atoms with Gasteiger partial charge in [-0.1, -0.05) is 20.8 Å². The predicted octanol–water partition coefficient (Wildman–Crippen LogP) is 1.27. The second-order valence-electron chi connectivity index (χ2n) is 5.81. The molecule has 5 heteroatoms. The smallest absolute Gasteiger partial charge is 0.407 e. The van der Waals surface area contributed by atoms with Gasteiger partial charge in [0.1, 0.15) is 0 Å². The zero-order valence-electron chi connectivity index (χ0n) is 11.0. The Morgan fingerprint density at radius 3 is 2.41 bits per heavy atom. The van der Waals surface area contributed by atoms with Crippen molar-refractivity contribution < 1.29 is 19.7 Å². The van der Waals surface area contributed by atoms with Gasteiger partial charge in [-0.3, -0.25) is 0 Å². The zero-order chi connectivity index (χ0) is 13.2. The van der Waals surface area contributed by atoms with Crippen molar-refractivity contribution in [2.24, 2.45) is 17.3 Å². The van der Waals surface area contributed by atoms with Crippen LogP contribution in [0.4, 0.5) is 4.79 Å². The predicted molar refractivity (Wildman–Crippen MR) is 63.9 cm³/mol. The summed E-state index contributed by atoms with van der Waals surface area (Å²) in [6, 6.07) is -0.162. The van der Waals surface area contributed by atoms with Crippen LogP contribution < -0.4 is 0 Å². The number of likely N-dealkylation sites (tertiary alicyclic amines) is 1. The highest BCUT2D eigenvalue weighted by Gasteiger charge is 2.48. The molecule has 1 rings (SSSR count). The van der Waals surface area contributed by atoms with Crippen molar-refractivity contribution in [3.63, 3.8) is 0 Å². The molecule has 1 heterocycles. The molecule has 3 unspecified atom stereocenters. The monoisotopic (exact) mass is 245 g/mol. The summed E-state index contributed by atoms with van der Waals surface area (Å²) in [4.78, 5) is 12.7. The normalized spacial score (nSPS) is 29.7. The Hall–Kier alpha value is -0.810. The first-order valence-corrected chi connectivity index (χ1v) is 5.92. The van der Waals surface area contributed by atoms with Crippen LogP contribution in [0.15, 0.2) is 0 Å². The maximum Gasteiger partial charge on any atom is 0.407 e. The molecule has 5 nitrogen and oxygen atoms in total. The number of nitrogens with zero attached hydrogens (tertiary/aromatic N) is 1. The topological polar surface area (TPSA) is 70.0 Å². The van der Waals surface area contributed by atoms with Crippen molar-refractivity contribution in [1.29, 1.82) is 0 Å². The van der Waals surface area contributed by atoms with E-state index >= 15 is 0 Å². The van der Waals surface area contributed by atoms with E-state index in [1.807, 2.05) is 20.8 Å². The van der Waals surface area contributed by atoms with Crippen molar-refractivity contribution >= 4 is 6.09 Å². The molecule has 0 radical (unpaired) electrons. The number of aliphatic hydroxyl groups excluding tert-OH is 1. The van der Waals surface area contributed by atoms with Crippen LogP contribution in [0.3, 0.4) is 0 Å². The third kappa shape index (κ3) is 2.90. The van der Waals surface area contributed by atoms with Crippen LogP contribution in [0.1, 0.15) is 20.8 Å². The summed E-state index contributed by atoms with van der Waals surface area (Å²) in [5, 5.41) is 18.8. The molecule has 0 spiro atoms. The van der Waals surface area contributed by atoms with Crippen LogP contribution in [0.2, 0.25) is 0 Å². The average molecular weight is 245 g/mol. The number of hydrogen-bond donors (Lipinski definition) is 2. The fourth-order valence-corrected chi connectivity index (χ4v) is 2.94. The van der Waals surface area contributed by atoms with E-state index in [1.165, 1.54) is 4.90 Å². The second-order valence-corrected chi connectivity index (χ2v) is 5.81. The summed E-state index contributed by atoms with van der Waals surface area (Å²) in [6.45, 7) is 6.94. The molecule has 0 aromatic heterocycles. The van der Waals surface area contributed by atoms with Crippen LogP contribution in [-0.2, 0) is 4.74 Å². The lowest BCUT2D eigenvalue weighted by Gasteiger charge is -2.36. The summed E-state index contributed by atoms with van der Waals surface area (Å²) < 4.78 is 5.12. The van der Waals surface area contributed by atoms with Crippen LogP contribution in [0.25, 0.3) is 0 Å². The number of hydrogen-bond acceptors (Lipinski definition) is 3. The number of carboxylic acid groups (broad SMARTS) is 1. The first kappa shape index (κ1) is 14.3. The summed E-state index contributed by atoms with van der Waals surface area (Å²) >= 11 is 0. The minimum absolute atomic E-state index is 0.000255. The second kappa shape index (κ2) is 5.23. The van der Waals surface area contributed by atoms with Gasteiger partial charge in [0.15, 0.2) is 0 Å². The summed E-state index contributed by atoms with van der Waals surface area (Å²) in [6.07, 6.45) is -0.915. The highest BCUT2D eigenvalue weighted by Crippen LogP contribution is 2.39. The lowest BCUT2D eigenvalue weighted by atomic mass is 9.77. The van der Waals surface area contributed by atoms with E-state index in [-0.39, 0.29) is 29.9 Å². The maximum atomic E-state index is 11.3. The van der Waals surface area contributed by atoms with E-state index in [1.54, 1.807) is 7.11 Å². The van der Waals surface area contributed by atoms with Gasteiger partial charge in [0, 0.05) is 38.1 Å². The Morgan fingerprint density at radius 1 is 1.47 bits per heavy atom. The molecule has 100 valence electrons. The first-order valence-electron chi connectivity index (χ1n) is 5.92. The first-order chi connectivity index (χ1) is 7.82. The van der Waals surface area contributed by atoms with Gasteiger partial charge < -0.3 is 19.8 Å². The minimum atomic E-state index is -0.915. The largest absolute Gasteiger partial charge is 0.465 e. The highest BCUT2D eigenvalue weighted by molar-refractivity contribution is 5.66. The zero-order valence-corrected chi connectivity index (χ0v) is 11.0. The number of ether oxygens (including phenoxy) is 1. The van der Waals surface area contributed by atoms with Gasteiger partial charge in [-0.05, 0) is 5.41 Å². The van der Waals surface area contributed by atoms with E-state index in [0.29, 0.717) is 13.2 Å². The van der Waals surface area contributed by atoms with Crippen molar-refractivity contribution in [2.75, 3.05) is 26.9 Å². The lowest BCUT2D eigenvalue weighted by molar-refractivity contribution is 0.0625. The molecule has 1 aliphatic heterocycles. The summed E-state index contributed by atoms with van der Waals surface area (Å²) in [7, 11) is 1.60. The number of amides is 1. The molecule has 0 aliphatic carbocycles. The van der Waals surface area contributed by atoms with Crippen molar-refractivity contribution in [1.82, 2.24) is 4.90 Å². The Bertz CT molecular complexity index is 274. The number of rotatable bonds is 3. The van der Waals surface area contributed by atoms with Crippen molar-refractivity contribution in [3.05, 3.63) is 0 Å². The molecule has 0 aromatic carbocycles. The van der Waals surface area contributed by atoms with E-state index in [2.05, 4.69) is 0 Å². The third-order valence-electron chi connectivity index (χ3n) is 3.50. The quantitative estimate of drug-likeness (QED) is 0.785. The Morgan fingerprint density at radius 2 is 2.06 bits per heavy atom. The highest BCUT2D eigenvalue weighted by atomic mass is 16.5. The molecule has 2 N–H and O–H groups in total.